The quantitative estimate of drug-likeness (QED) is 0.510. The Bertz CT molecular complexity index is 1340. The number of aryl methyl sites for hydroxylation is 1. The van der Waals surface area contributed by atoms with Gasteiger partial charge in [0.1, 0.15) is 23.5 Å². The Hall–Kier alpha value is -4.00. The smallest absolute Gasteiger partial charge is 0.254 e. The summed E-state index contributed by atoms with van der Waals surface area (Å²) in [7, 11) is 0. The molecule has 29 heavy (non-hydrogen) atoms. The summed E-state index contributed by atoms with van der Waals surface area (Å²) >= 11 is 0. The van der Waals surface area contributed by atoms with Gasteiger partial charge >= 0.3 is 0 Å². The first-order chi connectivity index (χ1) is 14.2. The number of pyridine rings is 2. The van der Waals surface area contributed by atoms with Gasteiger partial charge in [0.05, 0.1) is 28.7 Å². The minimum Gasteiger partial charge on any atom is -0.465 e. The van der Waals surface area contributed by atoms with E-state index in [1.807, 2.05) is 60.0 Å². The molecule has 0 radical (unpaired) electrons. The fraction of sp³-hybridized carbons (Fsp3) is 0.0909. The monoisotopic (exact) mass is 383 g/mol. The molecule has 0 fully saturated rings. The molecule has 0 atom stereocenters. The molecule has 1 amide bonds. The maximum atomic E-state index is 13.3. The van der Waals surface area contributed by atoms with Crippen LogP contribution in [0.4, 0.5) is 0 Å². The Morgan fingerprint density at radius 1 is 1.10 bits per heavy atom. The number of carbonyl (C=O) groups excluding carboxylic acids is 1. The Kier molecular flexibility index (Phi) is 4.05. The van der Waals surface area contributed by atoms with E-state index in [2.05, 4.69) is 20.3 Å². The molecule has 5 heterocycles. The zero-order valence-electron chi connectivity index (χ0n) is 15.7. The molecular weight excluding hydrogens is 366 g/mol. The van der Waals surface area contributed by atoms with Gasteiger partial charge in [0, 0.05) is 24.2 Å². The van der Waals surface area contributed by atoms with Crippen LogP contribution in [0.1, 0.15) is 21.9 Å². The van der Waals surface area contributed by atoms with Crippen LogP contribution in [0.2, 0.25) is 0 Å². The highest BCUT2D eigenvalue weighted by atomic mass is 16.3. The molecule has 0 aliphatic carbocycles. The number of amides is 1. The molecule has 0 saturated carbocycles. The molecule has 5 aromatic heterocycles. The summed E-state index contributed by atoms with van der Waals surface area (Å²) in [5.74, 6) is 1.31. The van der Waals surface area contributed by atoms with Crippen molar-refractivity contribution in [3.63, 3.8) is 0 Å². The Balaban J connectivity index is 1.69. The molecule has 7 nitrogen and oxygen atoms in total. The van der Waals surface area contributed by atoms with Crippen LogP contribution < -0.4 is 5.32 Å². The van der Waals surface area contributed by atoms with E-state index < -0.39 is 0 Å². The average molecular weight is 383 g/mol. The molecule has 7 heteroatoms. The lowest BCUT2D eigenvalue weighted by molar-refractivity contribution is 0.0951. The van der Waals surface area contributed by atoms with Crippen molar-refractivity contribution in [3.05, 3.63) is 84.5 Å². The van der Waals surface area contributed by atoms with Crippen LogP contribution in [0.3, 0.4) is 0 Å². The molecule has 0 aromatic carbocycles. The third-order valence-corrected chi connectivity index (χ3v) is 4.82. The lowest BCUT2D eigenvalue weighted by Crippen LogP contribution is -2.22. The molecule has 142 valence electrons. The van der Waals surface area contributed by atoms with Gasteiger partial charge < -0.3 is 14.1 Å². The van der Waals surface area contributed by atoms with Crippen molar-refractivity contribution in [1.29, 1.82) is 0 Å². The van der Waals surface area contributed by atoms with Gasteiger partial charge in [0.2, 0.25) is 0 Å². The summed E-state index contributed by atoms with van der Waals surface area (Å²) in [6.45, 7) is 2.18. The number of rotatable bonds is 4. The van der Waals surface area contributed by atoms with Crippen LogP contribution in [-0.2, 0) is 6.54 Å². The lowest BCUT2D eigenvalue weighted by atomic mass is 10.1. The Labute approximate surface area is 166 Å². The molecule has 0 aliphatic rings. The predicted molar refractivity (Wildman–Crippen MR) is 108 cm³/mol. The molecular formula is C22H17N5O2. The van der Waals surface area contributed by atoms with Crippen molar-refractivity contribution in [1.82, 2.24) is 24.7 Å². The van der Waals surface area contributed by atoms with E-state index in [4.69, 9.17) is 4.42 Å². The number of fused-ring (bicyclic) bond motifs is 3. The van der Waals surface area contributed by atoms with Gasteiger partial charge in [0.25, 0.3) is 5.91 Å². The molecule has 5 aromatic rings. The zero-order valence-corrected chi connectivity index (χ0v) is 15.7. The minimum absolute atomic E-state index is 0.206. The molecule has 0 spiro atoms. The van der Waals surface area contributed by atoms with Crippen LogP contribution in [0.15, 0.2) is 71.8 Å². The fourth-order valence-corrected chi connectivity index (χ4v) is 3.54. The number of hydrogen-bond acceptors (Lipinski definition) is 5. The fourth-order valence-electron chi connectivity index (χ4n) is 3.54. The topological polar surface area (TPSA) is 85.3 Å². The first-order valence-corrected chi connectivity index (χ1v) is 9.20. The number of furan rings is 1. The van der Waals surface area contributed by atoms with Gasteiger partial charge in [-0.1, -0.05) is 6.07 Å². The second-order valence-electron chi connectivity index (χ2n) is 6.68. The highest BCUT2D eigenvalue weighted by Gasteiger charge is 2.23. The van der Waals surface area contributed by atoms with Crippen LogP contribution in [0, 0.1) is 6.92 Å². The van der Waals surface area contributed by atoms with Crippen molar-refractivity contribution in [2.45, 2.75) is 13.5 Å². The van der Waals surface area contributed by atoms with E-state index in [0.717, 1.165) is 16.8 Å². The summed E-state index contributed by atoms with van der Waals surface area (Å²) < 4.78 is 7.48. The summed E-state index contributed by atoms with van der Waals surface area (Å²) in [6.07, 6.45) is 6.83. The highest BCUT2D eigenvalue weighted by molar-refractivity contribution is 6.16. The van der Waals surface area contributed by atoms with E-state index in [0.29, 0.717) is 34.6 Å². The minimum atomic E-state index is -0.206. The molecule has 0 unspecified atom stereocenters. The number of aromatic nitrogens is 4. The molecule has 0 aliphatic heterocycles. The average Bonchev–Trinajstić information content (AvgIpc) is 3.33. The van der Waals surface area contributed by atoms with E-state index >= 15 is 0 Å². The van der Waals surface area contributed by atoms with Gasteiger partial charge in [-0.05, 0) is 43.3 Å². The summed E-state index contributed by atoms with van der Waals surface area (Å²) in [6, 6.07) is 13.2. The van der Waals surface area contributed by atoms with Gasteiger partial charge in [-0.15, -0.1) is 0 Å². The van der Waals surface area contributed by atoms with Crippen molar-refractivity contribution >= 4 is 22.5 Å². The highest BCUT2D eigenvalue weighted by Crippen LogP contribution is 2.32. The zero-order chi connectivity index (χ0) is 19.8. The van der Waals surface area contributed by atoms with E-state index in [9.17, 15) is 4.79 Å². The first kappa shape index (κ1) is 17.1. The second kappa shape index (κ2) is 6.87. The number of nitrogens with one attached hydrogen (secondary N) is 1. The summed E-state index contributed by atoms with van der Waals surface area (Å²) in [5, 5.41) is 3.67. The molecule has 0 saturated heterocycles. The Morgan fingerprint density at radius 2 is 1.97 bits per heavy atom. The van der Waals surface area contributed by atoms with E-state index in [1.165, 1.54) is 6.33 Å². The third kappa shape index (κ3) is 2.93. The molecule has 0 bridgehead atoms. The van der Waals surface area contributed by atoms with Crippen molar-refractivity contribution in [2.75, 3.05) is 0 Å². The summed E-state index contributed by atoms with van der Waals surface area (Å²) in [5.41, 5.74) is 3.56. The number of nitrogens with zero attached hydrogens (tertiary/aromatic N) is 4. The first-order valence-electron chi connectivity index (χ1n) is 9.20. The van der Waals surface area contributed by atoms with Crippen LogP contribution in [0.5, 0.6) is 0 Å². The van der Waals surface area contributed by atoms with Gasteiger partial charge in [-0.25, -0.2) is 9.97 Å². The Morgan fingerprint density at radius 3 is 2.76 bits per heavy atom. The predicted octanol–water partition coefficient (Wildman–Crippen LogP) is 3.78. The standard InChI is InChI=1S/C22H17N5O2/c1-14-5-6-16(29-14)12-24-22(28)18-17-4-2-3-11-27(17)21-19(18)20(25-13-26-21)15-7-9-23-10-8-15/h2-11,13H,12H2,1H3,(H,24,28). The lowest BCUT2D eigenvalue weighted by Gasteiger charge is -2.06. The second-order valence-corrected chi connectivity index (χ2v) is 6.68. The van der Waals surface area contributed by atoms with Crippen LogP contribution in [0.25, 0.3) is 27.8 Å². The van der Waals surface area contributed by atoms with Crippen LogP contribution in [-0.4, -0.2) is 25.3 Å². The molecule has 1 N–H and O–H groups in total. The van der Waals surface area contributed by atoms with Crippen molar-refractivity contribution < 1.29 is 9.21 Å². The maximum absolute atomic E-state index is 13.3. The van der Waals surface area contributed by atoms with E-state index in [1.54, 1.807) is 12.4 Å². The van der Waals surface area contributed by atoms with Crippen LogP contribution >= 0.6 is 0 Å². The number of hydrogen-bond donors (Lipinski definition) is 1. The van der Waals surface area contributed by atoms with E-state index in [-0.39, 0.29) is 5.91 Å². The van der Waals surface area contributed by atoms with Crippen molar-refractivity contribution in [2.24, 2.45) is 0 Å². The van der Waals surface area contributed by atoms with Gasteiger partial charge in [0.15, 0.2) is 0 Å². The maximum Gasteiger partial charge on any atom is 0.254 e. The normalized spacial score (nSPS) is 11.2. The largest absolute Gasteiger partial charge is 0.465 e. The van der Waals surface area contributed by atoms with Crippen molar-refractivity contribution in [3.8, 4) is 11.3 Å². The number of carbonyl (C=O) groups is 1. The SMILES string of the molecule is Cc1ccc(CNC(=O)c2c3c(-c4ccncc4)ncnc3n3ccccc23)o1. The van der Waals surface area contributed by atoms with Gasteiger partial charge in [-0.2, -0.15) is 0 Å². The third-order valence-electron chi connectivity index (χ3n) is 4.82. The summed E-state index contributed by atoms with van der Waals surface area (Å²) in [4.78, 5) is 26.3. The van der Waals surface area contributed by atoms with Gasteiger partial charge in [-0.3, -0.25) is 9.78 Å². The molecule has 5 rings (SSSR count).